The van der Waals surface area contributed by atoms with Crippen LogP contribution in [-0.4, -0.2) is 47.6 Å². The van der Waals surface area contributed by atoms with Crippen molar-refractivity contribution in [3.63, 3.8) is 0 Å². The monoisotopic (exact) mass is 396 g/mol. The summed E-state index contributed by atoms with van der Waals surface area (Å²) in [6, 6.07) is 8.99. The van der Waals surface area contributed by atoms with Crippen LogP contribution in [-0.2, 0) is 19.6 Å². The first-order chi connectivity index (χ1) is 14.1. The van der Waals surface area contributed by atoms with E-state index in [1.165, 1.54) is 43.6 Å². The maximum Gasteiger partial charge on any atom is 0.194 e. The molecule has 1 fully saturated rings. The number of aromatic nitrogens is 2. The Kier molecular flexibility index (Phi) is 7.55. The van der Waals surface area contributed by atoms with Crippen molar-refractivity contribution >= 4 is 11.6 Å². The highest BCUT2D eigenvalue weighted by atomic mass is 15.3. The van der Waals surface area contributed by atoms with Gasteiger partial charge in [-0.15, -0.1) is 0 Å². The second-order valence-electron chi connectivity index (χ2n) is 8.36. The van der Waals surface area contributed by atoms with Crippen LogP contribution >= 0.6 is 0 Å². The lowest BCUT2D eigenvalue weighted by atomic mass is 10.1. The van der Waals surface area contributed by atoms with Crippen LogP contribution in [0.2, 0.25) is 0 Å². The van der Waals surface area contributed by atoms with Crippen molar-refractivity contribution < 1.29 is 0 Å². The lowest BCUT2D eigenvalue weighted by Gasteiger charge is -2.29. The summed E-state index contributed by atoms with van der Waals surface area (Å²) >= 11 is 0. The molecule has 3 rings (SSSR count). The number of nitrogens with one attached hydrogen (secondary N) is 1. The molecular weight excluding hydrogens is 360 g/mol. The Morgan fingerprint density at radius 2 is 1.90 bits per heavy atom. The van der Waals surface area contributed by atoms with E-state index in [4.69, 9.17) is 0 Å². The summed E-state index contributed by atoms with van der Waals surface area (Å²) in [7, 11) is 3.91. The van der Waals surface area contributed by atoms with Crippen LogP contribution < -0.4 is 10.2 Å². The molecule has 1 aromatic carbocycles. The third-order valence-corrected chi connectivity index (χ3v) is 5.42. The number of piperidine rings is 1. The van der Waals surface area contributed by atoms with Gasteiger partial charge in [0.25, 0.3) is 0 Å². The van der Waals surface area contributed by atoms with E-state index in [0.29, 0.717) is 12.5 Å². The van der Waals surface area contributed by atoms with Gasteiger partial charge in [0.05, 0.1) is 6.54 Å². The number of nitrogens with zero attached hydrogens (tertiary/aromatic N) is 5. The first-order valence-electron chi connectivity index (χ1n) is 10.8. The van der Waals surface area contributed by atoms with Crippen molar-refractivity contribution in [3.05, 3.63) is 48.0 Å². The first kappa shape index (κ1) is 21.2. The largest absolute Gasteiger partial charge is 0.372 e. The minimum absolute atomic E-state index is 0.595. The van der Waals surface area contributed by atoms with Crippen LogP contribution in [0.1, 0.15) is 44.5 Å². The molecule has 0 spiro atoms. The molecule has 29 heavy (non-hydrogen) atoms. The number of benzene rings is 1. The SMILES string of the molecule is CN=C(NCc1nccn1CC(C)C)N(C)Cc1ccc(N2CCCCC2)cc1. The Balaban J connectivity index is 1.54. The minimum Gasteiger partial charge on any atom is -0.372 e. The van der Waals surface area contributed by atoms with Crippen LogP contribution in [0.15, 0.2) is 41.7 Å². The fourth-order valence-corrected chi connectivity index (χ4v) is 3.92. The van der Waals surface area contributed by atoms with Gasteiger partial charge < -0.3 is 19.7 Å². The number of rotatable bonds is 7. The predicted molar refractivity (Wildman–Crippen MR) is 121 cm³/mol. The number of guanidine groups is 1. The van der Waals surface area contributed by atoms with Gasteiger partial charge in [-0.1, -0.05) is 26.0 Å². The Labute approximate surface area is 175 Å². The number of anilines is 1. The van der Waals surface area contributed by atoms with Crippen LogP contribution in [0, 0.1) is 5.92 Å². The molecule has 158 valence electrons. The molecule has 1 aromatic heterocycles. The molecule has 0 atom stereocenters. The summed E-state index contributed by atoms with van der Waals surface area (Å²) in [6.45, 7) is 9.28. The molecule has 1 aliphatic heterocycles. The van der Waals surface area contributed by atoms with E-state index in [-0.39, 0.29) is 0 Å². The smallest absolute Gasteiger partial charge is 0.194 e. The Bertz CT molecular complexity index is 771. The minimum atomic E-state index is 0.595. The van der Waals surface area contributed by atoms with Gasteiger partial charge >= 0.3 is 0 Å². The van der Waals surface area contributed by atoms with E-state index in [9.17, 15) is 0 Å². The molecule has 0 unspecified atom stereocenters. The Hall–Kier alpha value is -2.50. The van der Waals surface area contributed by atoms with E-state index >= 15 is 0 Å². The molecule has 6 heteroatoms. The molecule has 1 aliphatic rings. The second-order valence-corrected chi connectivity index (χ2v) is 8.36. The molecule has 1 N–H and O–H groups in total. The van der Waals surface area contributed by atoms with Gasteiger partial charge in [0.1, 0.15) is 5.82 Å². The van der Waals surface area contributed by atoms with Gasteiger partial charge in [0.2, 0.25) is 0 Å². The van der Waals surface area contributed by atoms with Gasteiger partial charge in [-0.05, 0) is 42.9 Å². The predicted octanol–water partition coefficient (Wildman–Crippen LogP) is 3.74. The molecule has 2 aromatic rings. The third kappa shape index (κ3) is 5.99. The molecule has 6 nitrogen and oxygen atoms in total. The van der Waals surface area contributed by atoms with Crippen molar-refractivity contribution in [2.24, 2.45) is 10.9 Å². The number of hydrogen-bond acceptors (Lipinski definition) is 3. The van der Waals surface area contributed by atoms with Crippen LogP contribution in [0.5, 0.6) is 0 Å². The highest BCUT2D eigenvalue weighted by Crippen LogP contribution is 2.20. The van der Waals surface area contributed by atoms with Gasteiger partial charge in [0.15, 0.2) is 5.96 Å². The summed E-state index contributed by atoms with van der Waals surface area (Å²) in [6.07, 6.45) is 7.90. The van der Waals surface area contributed by atoms with E-state index in [0.717, 1.165) is 24.9 Å². The summed E-state index contributed by atoms with van der Waals surface area (Å²) in [5.41, 5.74) is 2.63. The lowest BCUT2D eigenvalue weighted by Crippen LogP contribution is -2.38. The zero-order valence-electron chi connectivity index (χ0n) is 18.4. The molecule has 0 aliphatic carbocycles. The normalized spacial score (nSPS) is 15.1. The van der Waals surface area contributed by atoms with Crippen molar-refractivity contribution in [1.29, 1.82) is 0 Å². The maximum atomic E-state index is 4.50. The zero-order chi connectivity index (χ0) is 20.6. The van der Waals surface area contributed by atoms with E-state index in [1.807, 2.05) is 19.4 Å². The fourth-order valence-electron chi connectivity index (χ4n) is 3.92. The lowest BCUT2D eigenvalue weighted by molar-refractivity contribution is 0.468. The molecule has 0 radical (unpaired) electrons. The van der Waals surface area contributed by atoms with Crippen molar-refractivity contribution in [1.82, 2.24) is 19.8 Å². The van der Waals surface area contributed by atoms with Gasteiger partial charge in [-0.3, -0.25) is 4.99 Å². The standard InChI is InChI=1S/C23H36N6/c1-19(2)17-29-15-12-25-22(29)16-26-23(24-3)27(4)18-20-8-10-21(11-9-20)28-13-6-5-7-14-28/h8-12,15,19H,5-7,13-14,16-18H2,1-4H3,(H,24,26). The molecule has 0 saturated carbocycles. The summed E-state index contributed by atoms with van der Waals surface area (Å²) < 4.78 is 2.21. The maximum absolute atomic E-state index is 4.50. The Morgan fingerprint density at radius 3 is 2.55 bits per heavy atom. The summed E-state index contributed by atoms with van der Waals surface area (Å²) in [5, 5.41) is 3.45. The van der Waals surface area contributed by atoms with Gasteiger partial charge in [-0.2, -0.15) is 0 Å². The molecular formula is C23H36N6. The molecule has 2 heterocycles. The van der Waals surface area contributed by atoms with Crippen molar-refractivity contribution in [3.8, 4) is 0 Å². The summed E-state index contributed by atoms with van der Waals surface area (Å²) in [4.78, 5) is 13.6. The van der Waals surface area contributed by atoms with Crippen LogP contribution in [0.3, 0.4) is 0 Å². The highest BCUT2D eigenvalue weighted by Gasteiger charge is 2.12. The Morgan fingerprint density at radius 1 is 1.17 bits per heavy atom. The van der Waals surface area contributed by atoms with Crippen LogP contribution in [0.4, 0.5) is 5.69 Å². The average molecular weight is 397 g/mol. The number of hydrogen-bond donors (Lipinski definition) is 1. The summed E-state index contributed by atoms with van der Waals surface area (Å²) in [5.74, 6) is 2.51. The van der Waals surface area contributed by atoms with Crippen molar-refractivity contribution in [2.75, 3.05) is 32.1 Å². The van der Waals surface area contributed by atoms with Gasteiger partial charge in [-0.25, -0.2) is 4.98 Å². The van der Waals surface area contributed by atoms with E-state index < -0.39 is 0 Å². The quantitative estimate of drug-likeness (QED) is 0.572. The third-order valence-electron chi connectivity index (χ3n) is 5.42. The topological polar surface area (TPSA) is 48.7 Å². The molecule has 1 saturated heterocycles. The van der Waals surface area contributed by atoms with E-state index in [1.54, 1.807) is 0 Å². The average Bonchev–Trinajstić information content (AvgIpc) is 3.16. The first-order valence-corrected chi connectivity index (χ1v) is 10.8. The number of imidazole rings is 1. The second kappa shape index (κ2) is 10.3. The van der Waals surface area contributed by atoms with Gasteiger partial charge in [0, 0.05) is 58.4 Å². The fraction of sp³-hybridized carbons (Fsp3) is 0.565. The zero-order valence-corrected chi connectivity index (χ0v) is 18.4. The molecule has 0 bridgehead atoms. The highest BCUT2D eigenvalue weighted by molar-refractivity contribution is 5.79. The van der Waals surface area contributed by atoms with Crippen molar-refractivity contribution in [2.45, 2.75) is 52.7 Å². The van der Waals surface area contributed by atoms with E-state index in [2.05, 4.69) is 74.8 Å². The molecule has 0 amide bonds. The van der Waals surface area contributed by atoms with Crippen LogP contribution in [0.25, 0.3) is 0 Å². The number of aliphatic imine (C=N–C) groups is 1.